The maximum atomic E-state index is 11.3. The van der Waals surface area contributed by atoms with Crippen LogP contribution in [0.15, 0.2) is 35.1 Å². The number of hydrogen-bond donors (Lipinski definition) is 1. The number of carboxylic acids is 1. The first kappa shape index (κ1) is 18.5. The molecule has 0 amide bonds. The maximum Gasteiger partial charge on any atom is 1.00 e. The summed E-state index contributed by atoms with van der Waals surface area (Å²) < 4.78 is 0. The van der Waals surface area contributed by atoms with Crippen LogP contribution in [0.3, 0.4) is 0 Å². The van der Waals surface area contributed by atoms with E-state index in [0.29, 0.717) is 17.0 Å². The van der Waals surface area contributed by atoms with Crippen LogP contribution in [0.5, 0.6) is 0 Å². The number of aromatic nitrogens is 1. The number of aliphatic hydroxyl groups is 1. The fourth-order valence-corrected chi connectivity index (χ4v) is 4.81. The minimum atomic E-state index is -1.21. The molecular weight excluding hydrogens is 347 g/mol. The molecule has 1 fully saturated rings. The van der Waals surface area contributed by atoms with Crippen LogP contribution in [-0.4, -0.2) is 31.3 Å². The van der Waals surface area contributed by atoms with Crippen molar-refractivity contribution in [2.75, 3.05) is 0 Å². The van der Waals surface area contributed by atoms with Crippen LogP contribution >= 0.6 is 24.0 Å². The summed E-state index contributed by atoms with van der Waals surface area (Å²) in [7, 11) is 0. The number of hydrogen-bond acceptors (Lipinski definition) is 6. The van der Waals surface area contributed by atoms with Crippen molar-refractivity contribution in [3.63, 3.8) is 0 Å². The Morgan fingerprint density at radius 3 is 2.91 bits per heavy atom. The van der Waals surface area contributed by atoms with Gasteiger partial charge < -0.3 is 19.9 Å². The van der Waals surface area contributed by atoms with Crippen LogP contribution in [0, 0.1) is 5.92 Å². The van der Waals surface area contributed by atoms with Crippen LogP contribution in [0.1, 0.15) is 25.0 Å². The molecule has 0 spiro atoms. The van der Waals surface area contributed by atoms with Crippen molar-refractivity contribution in [3.05, 3.63) is 40.7 Å². The van der Waals surface area contributed by atoms with Gasteiger partial charge >= 0.3 is 51.4 Å². The Morgan fingerprint density at radius 2 is 2.36 bits per heavy atom. The number of aliphatic hydroxyl groups excluding tert-OH is 1. The minimum absolute atomic E-state index is 0. The number of fused-ring (bicyclic) bond motifs is 1. The average Bonchev–Trinajstić information content (AvgIpc) is 2.83. The summed E-state index contributed by atoms with van der Waals surface area (Å²) in [5.41, 5.74) is 0.845. The van der Waals surface area contributed by atoms with Crippen molar-refractivity contribution >= 4 is 34.9 Å². The van der Waals surface area contributed by atoms with Gasteiger partial charge in [0.15, 0.2) is 0 Å². The first-order chi connectivity index (χ1) is 10.1. The molecule has 0 aromatic carbocycles. The number of carbonyl (C=O) groups excluding carboxylic acids is 1. The Morgan fingerprint density at radius 1 is 1.64 bits per heavy atom. The predicted molar refractivity (Wildman–Crippen MR) is 80.8 cm³/mol. The molecule has 2 aliphatic rings. The van der Waals surface area contributed by atoms with Gasteiger partial charge in [0.25, 0.3) is 0 Å². The zero-order valence-corrected chi connectivity index (χ0v) is 17.0. The number of pyridine rings is 1. The third kappa shape index (κ3) is 2.95. The number of allylic oxidation sites excluding steroid dienone is 1. The van der Waals surface area contributed by atoms with Crippen LogP contribution in [0.25, 0.3) is 0 Å². The number of thiocarbonyl (C=S) groups is 1. The SMILES string of the molecule is CCC1=C(C(=O)[O-])N2C(=S)[C@@H](C(O)c3cccnc3)[C@H]2S1.[K+]. The molecule has 2 aliphatic heterocycles. The van der Waals surface area contributed by atoms with E-state index in [0.717, 1.165) is 4.91 Å². The van der Waals surface area contributed by atoms with Crippen LogP contribution in [0.2, 0.25) is 0 Å². The molecule has 5 nitrogen and oxygen atoms in total. The molecule has 0 saturated carbocycles. The van der Waals surface area contributed by atoms with E-state index in [4.69, 9.17) is 12.2 Å². The number of aliphatic carboxylic acids is 1. The Balaban J connectivity index is 0.00000176. The van der Waals surface area contributed by atoms with Gasteiger partial charge in [0.1, 0.15) is 0 Å². The minimum Gasteiger partial charge on any atom is -0.543 e. The number of rotatable bonds is 4. The third-order valence-electron chi connectivity index (χ3n) is 3.73. The molecule has 3 rings (SSSR count). The summed E-state index contributed by atoms with van der Waals surface area (Å²) in [5.74, 6) is -1.49. The zero-order valence-electron chi connectivity index (χ0n) is 12.2. The third-order valence-corrected chi connectivity index (χ3v) is 5.71. The van der Waals surface area contributed by atoms with Gasteiger partial charge in [-0.15, -0.1) is 11.8 Å². The van der Waals surface area contributed by atoms with Crippen molar-refractivity contribution in [1.82, 2.24) is 9.88 Å². The Kier molecular flexibility index (Phi) is 6.23. The van der Waals surface area contributed by atoms with Gasteiger partial charge in [-0.2, -0.15) is 0 Å². The summed E-state index contributed by atoms with van der Waals surface area (Å²) in [6.45, 7) is 1.90. The van der Waals surface area contributed by atoms with E-state index in [9.17, 15) is 15.0 Å². The fraction of sp³-hybridized carbons (Fsp3) is 0.357. The second-order valence-corrected chi connectivity index (χ2v) is 6.52. The molecule has 1 N–H and O–H groups in total. The van der Waals surface area contributed by atoms with E-state index >= 15 is 0 Å². The Hall–Kier alpha value is 0.196. The normalized spacial score (nSPS) is 24.5. The summed E-state index contributed by atoms with van der Waals surface area (Å²) in [6, 6.07) is 3.54. The molecule has 0 bridgehead atoms. The van der Waals surface area contributed by atoms with E-state index in [-0.39, 0.29) is 68.4 Å². The molecule has 8 heteroatoms. The first-order valence-corrected chi connectivity index (χ1v) is 7.87. The fourth-order valence-electron chi connectivity index (χ4n) is 2.70. The molecule has 1 aromatic rings. The van der Waals surface area contributed by atoms with Crippen molar-refractivity contribution < 1.29 is 66.4 Å². The molecule has 3 heterocycles. The number of carboxylic acid groups (broad SMARTS) is 1. The van der Waals surface area contributed by atoms with Crippen LogP contribution in [-0.2, 0) is 4.79 Å². The van der Waals surface area contributed by atoms with Gasteiger partial charge in [-0.05, 0) is 18.1 Å². The van der Waals surface area contributed by atoms with Crippen molar-refractivity contribution in [2.45, 2.75) is 24.8 Å². The standard InChI is InChI=1S/C14H14N2O3S2.K/c1-2-8-10(14(18)19)16-12(20)9(13(16)21-8)11(17)7-4-3-5-15-6-7;/h3-6,9,11,13,17H,2H2,1H3,(H,18,19);/q;+1/p-1/t9-,11?,13-;/m1./s1. The summed E-state index contributed by atoms with van der Waals surface area (Å²) in [4.78, 5) is 18.1. The molecular formula is C14H13KN2O3S2. The zero-order chi connectivity index (χ0) is 15.1. The van der Waals surface area contributed by atoms with Crippen LogP contribution in [0.4, 0.5) is 0 Å². The number of nitrogens with zero attached hydrogens (tertiary/aromatic N) is 2. The van der Waals surface area contributed by atoms with E-state index in [1.165, 1.54) is 11.8 Å². The molecule has 1 aromatic heterocycles. The summed E-state index contributed by atoms with van der Waals surface area (Å²) in [6.07, 6.45) is 3.07. The topological polar surface area (TPSA) is 76.5 Å². The average molecular weight is 361 g/mol. The molecule has 22 heavy (non-hydrogen) atoms. The molecule has 0 radical (unpaired) electrons. The van der Waals surface area contributed by atoms with E-state index in [1.807, 2.05) is 6.92 Å². The van der Waals surface area contributed by atoms with Gasteiger partial charge in [0, 0.05) is 17.3 Å². The molecule has 0 aliphatic carbocycles. The summed E-state index contributed by atoms with van der Waals surface area (Å²) in [5, 5.41) is 21.6. The van der Waals surface area contributed by atoms with Gasteiger partial charge in [-0.25, -0.2) is 0 Å². The van der Waals surface area contributed by atoms with Crippen LogP contribution < -0.4 is 56.5 Å². The quantitative estimate of drug-likeness (QED) is 0.483. The molecule has 1 saturated heterocycles. The largest absolute Gasteiger partial charge is 1.00 e. The van der Waals surface area contributed by atoms with Gasteiger partial charge in [0.2, 0.25) is 0 Å². The van der Waals surface area contributed by atoms with E-state index < -0.39 is 12.1 Å². The predicted octanol–water partition coefficient (Wildman–Crippen LogP) is -2.18. The first-order valence-electron chi connectivity index (χ1n) is 6.58. The number of thioether (sulfide) groups is 1. The monoisotopic (exact) mass is 360 g/mol. The van der Waals surface area contributed by atoms with Crippen molar-refractivity contribution in [1.29, 1.82) is 0 Å². The maximum absolute atomic E-state index is 11.3. The van der Waals surface area contributed by atoms with Crippen molar-refractivity contribution in [2.24, 2.45) is 5.92 Å². The van der Waals surface area contributed by atoms with Crippen molar-refractivity contribution in [3.8, 4) is 0 Å². The molecule has 1 unspecified atom stereocenters. The summed E-state index contributed by atoms with van der Waals surface area (Å²) >= 11 is 6.77. The number of carbonyl (C=O) groups is 1. The second kappa shape index (κ2) is 7.39. The Bertz CT molecular complexity index is 638. The van der Waals surface area contributed by atoms with E-state index in [2.05, 4.69) is 4.98 Å². The van der Waals surface area contributed by atoms with Gasteiger partial charge in [0.05, 0.1) is 34.1 Å². The smallest absolute Gasteiger partial charge is 0.543 e. The molecule has 3 atom stereocenters. The molecule has 110 valence electrons. The second-order valence-electron chi connectivity index (χ2n) is 4.89. The van der Waals surface area contributed by atoms with E-state index in [1.54, 1.807) is 29.4 Å². The Labute approximate surface area is 180 Å². The van der Waals surface area contributed by atoms with Gasteiger partial charge in [-0.3, -0.25) is 4.98 Å². The van der Waals surface area contributed by atoms with Gasteiger partial charge in [-0.1, -0.05) is 25.2 Å².